The second-order valence-corrected chi connectivity index (χ2v) is 12.0. The third-order valence-corrected chi connectivity index (χ3v) is 7.87. The van der Waals surface area contributed by atoms with Gasteiger partial charge in [-0.15, -0.1) is 0 Å². The normalized spacial score (nSPS) is 22.0. The number of hydrogen-bond acceptors (Lipinski definition) is 10. The number of carbonyl (C=O) groups excluding carboxylic acids is 5. The van der Waals surface area contributed by atoms with Crippen molar-refractivity contribution >= 4 is 35.2 Å². The Labute approximate surface area is 262 Å². The summed E-state index contributed by atoms with van der Waals surface area (Å²) in [5.41, 5.74) is -0.285. The zero-order valence-corrected chi connectivity index (χ0v) is 26.6. The highest BCUT2D eigenvalue weighted by atomic mass is 16.6. The second kappa shape index (κ2) is 15.5. The van der Waals surface area contributed by atoms with E-state index in [0.29, 0.717) is 24.8 Å². The van der Waals surface area contributed by atoms with Crippen molar-refractivity contribution < 1.29 is 43.7 Å². The van der Waals surface area contributed by atoms with Gasteiger partial charge in [-0.25, -0.2) is 9.78 Å². The van der Waals surface area contributed by atoms with Crippen molar-refractivity contribution in [1.29, 1.82) is 0 Å². The molecule has 244 valence electrons. The van der Waals surface area contributed by atoms with Gasteiger partial charge in [0.25, 0.3) is 11.8 Å². The summed E-state index contributed by atoms with van der Waals surface area (Å²) in [6, 6.07) is 4.10. The lowest BCUT2D eigenvalue weighted by Gasteiger charge is -2.29. The molecule has 0 radical (unpaired) electrons. The number of Topliss-reactive ketones (excluding diaryl/α,β-unsaturated/α-hetero) is 1. The number of ether oxygens (including phenoxy) is 2. The highest BCUT2D eigenvalue weighted by molar-refractivity contribution is 6.07. The van der Waals surface area contributed by atoms with Gasteiger partial charge in [0.05, 0.1) is 17.2 Å². The number of carbonyl (C=O) groups is 5. The van der Waals surface area contributed by atoms with E-state index >= 15 is 0 Å². The second-order valence-electron chi connectivity index (χ2n) is 12.0. The lowest BCUT2D eigenvalue weighted by atomic mass is 9.80. The van der Waals surface area contributed by atoms with Gasteiger partial charge in [-0.3, -0.25) is 19.2 Å². The first-order valence-corrected chi connectivity index (χ1v) is 15.3. The maximum Gasteiger partial charge on any atom is 0.332 e. The molecule has 3 rings (SSSR count). The summed E-state index contributed by atoms with van der Waals surface area (Å²) >= 11 is 0. The van der Waals surface area contributed by atoms with Gasteiger partial charge in [0.15, 0.2) is 17.5 Å². The molecule has 0 spiro atoms. The first kappa shape index (κ1) is 35.0. The van der Waals surface area contributed by atoms with Crippen LogP contribution < -0.4 is 10.6 Å². The molecule has 1 aliphatic rings. The number of aromatic nitrogens is 1. The molecule has 2 aromatic rings. The minimum absolute atomic E-state index is 0.0415. The Hall–Kier alpha value is -4.48. The number of rotatable bonds is 11. The number of phenols is 1. The molecule has 2 amide bonds. The van der Waals surface area contributed by atoms with Gasteiger partial charge in [0.1, 0.15) is 23.7 Å². The summed E-state index contributed by atoms with van der Waals surface area (Å²) in [6.45, 7) is 10.5. The number of cyclic esters (lactones) is 2. The quantitative estimate of drug-likeness (QED) is 0.206. The number of aromatic hydroxyl groups is 2. The number of hydrogen-bond donors (Lipinski definition) is 4. The van der Waals surface area contributed by atoms with Crippen molar-refractivity contribution in [3.05, 3.63) is 47.3 Å². The summed E-state index contributed by atoms with van der Waals surface area (Å²) in [6.07, 6.45) is 1.71. The number of amides is 2. The highest BCUT2D eigenvalue weighted by Crippen LogP contribution is 2.33. The molecule has 5 atom stereocenters. The minimum atomic E-state index is -1.44. The standard InChI is InChI=1S/C33H43N3O9/c1-7-8-10-22-24(16-21(37)15-17(2)3)19(5)44-33(43)26(20(6)45-32(22)42)36-30(40)23-11-9-12-25(29(23)39)35-31(41)27-28(38)18(4)13-14-34-27/h9,11-14,17,19-20,22,24,26,38-39H,7-8,10,15-16H2,1-6H3,(H,35,41)(H,36,40)/t19-,20+,22+,24-,26?/m0/s1. The smallest absolute Gasteiger partial charge is 0.332 e. The number of esters is 2. The Kier molecular flexibility index (Phi) is 12.1. The third kappa shape index (κ3) is 8.80. The predicted molar refractivity (Wildman–Crippen MR) is 165 cm³/mol. The molecule has 4 N–H and O–H groups in total. The minimum Gasteiger partial charge on any atom is -0.505 e. The topological polar surface area (TPSA) is 181 Å². The molecule has 1 saturated heterocycles. The van der Waals surface area contributed by atoms with Crippen LogP contribution in [0.25, 0.3) is 0 Å². The molecule has 12 heteroatoms. The summed E-state index contributed by atoms with van der Waals surface area (Å²) in [5, 5.41) is 26.0. The summed E-state index contributed by atoms with van der Waals surface area (Å²) < 4.78 is 11.5. The number of nitrogens with one attached hydrogen (secondary N) is 2. The van der Waals surface area contributed by atoms with Crippen LogP contribution in [0.4, 0.5) is 5.69 Å². The van der Waals surface area contributed by atoms with Gasteiger partial charge in [-0.1, -0.05) is 39.7 Å². The zero-order valence-electron chi connectivity index (χ0n) is 26.6. The van der Waals surface area contributed by atoms with Crippen molar-refractivity contribution in [2.75, 3.05) is 5.32 Å². The molecule has 1 unspecified atom stereocenters. The maximum absolute atomic E-state index is 13.5. The molecule has 0 saturated carbocycles. The molecule has 1 aromatic heterocycles. The van der Waals surface area contributed by atoms with Crippen molar-refractivity contribution in [2.45, 2.75) is 91.9 Å². The Balaban J connectivity index is 1.85. The van der Waals surface area contributed by atoms with Crippen LogP contribution in [0, 0.1) is 24.7 Å². The van der Waals surface area contributed by atoms with Crippen LogP contribution in [-0.2, 0) is 23.9 Å². The van der Waals surface area contributed by atoms with Crippen LogP contribution in [0.1, 0.15) is 93.1 Å². The van der Waals surface area contributed by atoms with E-state index in [0.717, 1.165) is 6.42 Å². The number of pyridine rings is 1. The van der Waals surface area contributed by atoms with E-state index in [9.17, 15) is 34.2 Å². The summed E-state index contributed by atoms with van der Waals surface area (Å²) in [7, 11) is 0. The van der Waals surface area contributed by atoms with Crippen molar-refractivity contribution in [2.24, 2.45) is 17.8 Å². The number of phenolic OH excluding ortho intramolecular Hbond substituents is 1. The van der Waals surface area contributed by atoms with Gasteiger partial charge in [-0.05, 0) is 56.9 Å². The summed E-state index contributed by atoms with van der Waals surface area (Å²) in [5.74, 6) is -5.30. The van der Waals surface area contributed by atoms with E-state index in [-0.39, 0.29) is 40.8 Å². The van der Waals surface area contributed by atoms with E-state index < -0.39 is 59.6 Å². The molecule has 1 aliphatic heterocycles. The van der Waals surface area contributed by atoms with Crippen LogP contribution in [0.5, 0.6) is 11.5 Å². The molecule has 12 nitrogen and oxygen atoms in total. The lowest BCUT2D eigenvalue weighted by Crippen LogP contribution is -2.50. The van der Waals surface area contributed by atoms with E-state index in [1.54, 1.807) is 13.8 Å². The van der Waals surface area contributed by atoms with Crippen LogP contribution in [-0.4, -0.2) is 63.0 Å². The predicted octanol–water partition coefficient (Wildman–Crippen LogP) is 4.46. The third-order valence-electron chi connectivity index (χ3n) is 7.87. The Morgan fingerprint density at radius 2 is 1.67 bits per heavy atom. The van der Waals surface area contributed by atoms with E-state index in [4.69, 9.17) is 9.47 Å². The average Bonchev–Trinajstić information content (AvgIpc) is 2.99. The van der Waals surface area contributed by atoms with Gasteiger partial charge in [0, 0.05) is 25.0 Å². The fraction of sp³-hybridized carbons (Fsp3) is 0.515. The fourth-order valence-electron chi connectivity index (χ4n) is 5.36. The SMILES string of the molecule is CCCC[C@H]1C(=O)O[C@H](C)C(NC(=O)c2cccc(NC(=O)c3nccc(C)c3O)c2O)C(=O)O[C@@H](C)[C@@H]1CC(=O)CC(C)C. The maximum atomic E-state index is 13.5. The number of unbranched alkanes of at least 4 members (excludes halogenated alkanes) is 1. The molecular formula is C33H43N3O9. The highest BCUT2D eigenvalue weighted by Gasteiger charge is 2.42. The zero-order chi connectivity index (χ0) is 33.4. The van der Waals surface area contributed by atoms with Crippen LogP contribution >= 0.6 is 0 Å². The van der Waals surface area contributed by atoms with Crippen molar-refractivity contribution in [1.82, 2.24) is 10.3 Å². The molecule has 0 bridgehead atoms. The number of ketones is 1. The first-order chi connectivity index (χ1) is 21.2. The Bertz CT molecular complexity index is 1420. The number of nitrogens with zero attached hydrogens (tertiary/aromatic N) is 1. The number of para-hydroxylation sites is 1. The monoisotopic (exact) mass is 625 g/mol. The van der Waals surface area contributed by atoms with Crippen molar-refractivity contribution in [3.8, 4) is 11.5 Å². The van der Waals surface area contributed by atoms with Gasteiger partial charge in [0.2, 0.25) is 0 Å². The van der Waals surface area contributed by atoms with Crippen molar-refractivity contribution in [3.63, 3.8) is 0 Å². The molecule has 45 heavy (non-hydrogen) atoms. The average molecular weight is 626 g/mol. The fourth-order valence-corrected chi connectivity index (χ4v) is 5.36. The number of benzene rings is 1. The van der Waals surface area contributed by atoms with Gasteiger partial charge >= 0.3 is 11.9 Å². The lowest BCUT2D eigenvalue weighted by molar-refractivity contribution is -0.157. The van der Waals surface area contributed by atoms with E-state index in [1.807, 2.05) is 20.8 Å². The van der Waals surface area contributed by atoms with Crippen LogP contribution in [0.2, 0.25) is 0 Å². The molecule has 0 aliphatic carbocycles. The molecule has 1 fully saturated rings. The molecule has 2 heterocycles. The summed E-state index contributed by atoms with van der Waals surface area (Å²) in [4.78, 5) is 69.6. The molecular weight excluding hydrogens is 582 g/mol. The molecule has 1 aromatic carbocycles. The Morgan fingerprint density at radius 3 is 2.33 bits per heavy atom. The van der Waals surface area contributed by atoms with Gasteiger partial charge < -0.3 is 30.3 Å². The Morgan fingerprint density at radius 1 is 0.978 bits per heavy atom. The van der Waals surface area contributed by atoms with E-state index in [2.05, 4.69) is 15.6 Å². The number of aryl methyl sites for hydroxylation is 1. The van der Waals surface area contributed by atoms with E-state index in [1.165, 1.54) is 37.4 Å². The van der Waals surface area contributed by atoms with Crippen LogP contribution in [0.3, 0.4) is 0 Å². The first-order valence-electron chi connectivity index (χ1n) is 15.3. The largest absolute Gasteiger partial charge is 0.505 e. The van der Waals surface area contributed by atoms with Gasteiger partial charge in [-0.2, -0.15) is 0 Å². The van der Waals surface area contributed by atoms with Crippen LogP contribution in [0.15, 0.2) is 30.5 Å². The number of anilines is 1.